The first kappa shape index (κ1) is 14.1. The van der Waals surface area contributed by atoms with Gasteiger partial charge in [-0.3, -0.25) is 9.78 Å². The zero-order chi connectivity index (χ0) is 14.7. The summed E-state index contributed by atoms with van der Waals surface area (Å²) in [6.07, 6.45) is 2.63. The van der Waals surface area contributed by atoms with Crippen molar-refractivity contribution >= 4 is 28.4 Å². The number of nitrogens with zero attached hydrogens (tertiary/aromatic N) is 1. The topological polar surface area (TPSA) is 63.2 Å². The molecular weight excluding hydrogens is 290 g/mol. The van der Waals surface area contributed by atoms with E-state index >= 15 is 0 Å². The van der Waals surface area contributed by atoms with E-state index in [1.807, 2.05) is 12.1 Å². The summed E-state index contributed by atoms with van der Waals surface area (Å²) in [5, 5.41) is 7.57. The second-order valence-corrected chi connectivity index (χ2v) is 5.40. The van der Waals surface area contributed by atoms with E-state index in [1.54, 1.807) is 18.3 Å². The number of fused-ring (bicyclic) bond motifs is 1. The van der Waals surface area contributed by atoms with Crippen LogP contribution in [0.5, 0.6) is 5.75 Å². The molecule has 1 aromatic carbocycles. The van der Waals surface area contributed by atoms with Crippen molar-refractivity contribution in [1.82, 2.24) is 15.6 Å². The molecule has 0 saturated carbocycles. The molecule has 1 aromatic heterocycles. The highest BCUT2D eigenvalue weighted by Gasteiger charge is 2.17. The lowest BCUT2D eigenvalue weighted by molar-refractivity contribution is -0.123. The molecule has 2 heterocycles. The molecule has 5 nitrogen and oxygen atoms in total. The normalized spacial score (nSPS) is 17.9. The van der Waals surface area contributed by atoms with Crippen molar-refractivity contribution in [2.45, 2.75) is 12.5 Å². The Kier molecular flexibility index (Phi) is 4.22. The molecule has 0 radical (unpaired) electrons. The Labute approximate surface area is 127 Å². The molecule has 2 N–H and O–H groups in total. The van der Waals surface area contributed by atoms with Crippen LogP contribution in [-0.2, 0) is 4.79 Å². The van der Waals surface area contributed by atoms with Gasteiger partial charge in [-0.15, -0.1) is 0 Å². The van der Waals surface area contributed by atoms with Gasteiger partial charge in [-0.1, -0.05) is 11.6 Å². The molecule has 2 aromatic rings. The van der Waals surface area contributed by atoms with Crippen LogP contribution in [0.15, 0.2) is 30.5 Å². The molecule has 0 aliphatic carbocycles. The van der Waals surface area contributed by atoms with E-state index in [0.29, 0.717) is 16.3 Å². The third kappa shape index (κ3) is 3.25. The lowest BCUT2D eigenvalue weighted by atomic mass is 10.2. The Balaban J connectivity index is 1.67. The smallest absolute Gasteiger partial charge is 0.258 e. The predicted molar refractivity (Wildman–Crippen MR) is 81.7 cm³/mol. The van der Waals surface area contributed by atoms with Crippen LogP contribution < -0.4 is 15.4 Å². The highest BCUT2D eigenvalue weighted by atomic mass is 35.5. The largest absolute Gasteiger partial charge is 0.481 e. The predicted octanol–water partition coefficient (Wildman–Crippen LogP) is 1.75. The summed E-state index contributed by atoms with van der Waals surface area (Å²) < 4.78 is 5.59. The van der Waals surface area contributed by atoms with Gasteiger partial charge in [0.2, 0.25) is 0 Å². The molecule has 1 unspecified atom stereocenters. The molecule has 1 atom stereocenters. The average Bonchev–Trinajstić information content (AvgIpc) is 3.00. The molecule has 1 aliphatic heterocycles. The number of ether oxygens (including phenoxy) is 1. The molecule has 0 spiro atoms. The van der Waals surface area contributed by atoms with E-state index in [2.05, 4.69) is 15.6 Å². The number of nitrogens with one attached hydrogen (secondary N) is 2. The quantitative estimate of drug-likeness (QED) is 0.903. The van der Waals surface area contributed by atoms with Crippen molar-refractivity contribution in [3.63, 3.8) is 0 Å². The van der Waals surface area contributed by atoms with Crippen molar-refractivity contribution in [1.29, 1.82) is 0 Å². The van der Waals surface area contributed by atoms with Gasteiger partial charge in [0.05, 0.1) is 5.02 Å². The zero-order valence-corrected chi connectivity index (χ0v) is 12.2. The van der Waals surface area contributed by atoms with E-state index in [9.17, 15) is 4.79 Å². The van der Waals surface area contributed by atoms with E-state index < -0.39 is 0 Å². The summed E-state index contributed by atoms with van der Waals surface area (Å²) in [4.78, 5) is 16.1. The highest BCUT2D eigenvalue weighted by molar-refractivity contribution is 6.35. The van der Waals surface area contributed by atoms with Crippen LogP contribution in [-0.4, -0.2) is 36.6 Å². The summed E-state index contributed by atoms with van der Waals surface area (Å²) in [7, 11) is 0. The fraction of sp³-hybridized carbons (Fsp3) is 0.333. The van der Waals surface area contributed by atoms with Gasteiger partial charge in [0.1, 0.15) is 11.3 Å². The summed E-state index contributed by atoms with van der Waals surface area (Å²) in [5.41, 5.74) is 0.667. The van der Waals surface area contributed by atoms with Gasteiger partial charge in [0.15, 0.2) is 6.61 Å². The highest BCUT2D eigenvalue weighted by Crippen LogP contribution is 2.29. The van der Waals surface area contributed by atoms with Crippen molar-refractivity contribution in [2.75, 3.05) is 19.7 Å². The van der Waals surface area contributed by atoms with Gasteiger partial charge in [0, 0.05) is 24.2 Å². The van der Waals surface area contributed by atoms with Gasteiger partial charge in [-0.05, 0) is 37.2 Å². The Bertz CT molecular complexity index is 656. The Morgan fingerprint density at radius 3 is 3.19 bits per heavy atom. The first-order chi connectivity index (χ1) is 10.2. The van der Waals surface area contributed by atoms with Gasteiger partial charge in [-0.25, -0.2) is 0 Å². The standard InChI is InChI=1S/C15H16ClN3O2/c16-12-3-4-13(15-11(12)2-1-6-18-15)21-9-14(20)19-10-5-7-17-8-10/h1-4,6,10,17H,5,7-9H2,(H,19,20). The molecule has 110 valence electrons. The number of rotatable bonds is 4. The number of pyridine rings is 1. The molecule has 0 bridgehead atoms. The number of carbonyl (C=O) groups is 1. The second-order valence-electron chi connectivity index (χ2n) is 4.99. The number of benzene rings is 1. The van der Waals surface area contributed by atoms with E-state index in [1.165, 1.54) is 0 Å². The van der Waals surface area contributed by atoms with Crippen LogP contribution in [0.2, 0.25) is 5.02 Å². The molecule has 6 heteroatoms. The zero-order valence-electron chi connectivity index (χ0n) is 11.4. The van der Waals surface area contributed by atoms with Gasteiger partial charge in [0.25, 0.3) is 5.91 Å². The minimum absolute atomic E-state index is 0.0240. The first-order valence-electron chi connectivity index (χ1n) is 6.90. The molecule has 1 aliphatic rings. The Hall–Kier alpha value is -1.85. The minimum atomic E-state index is -0.122. The number of amides is 1. The maximum absolute atomic E-state index is 11.9. The second kappa shape index (κ2) is 6.28. The lowest BCUT2D eigenvalue weighted by Gasteiger charge is -2.13. The maximum Gasteiger partial charge on any atom is 0.258 e. The summed E-state index contributed by atoms with van der Waals surface area (Å²) in [6, 6.07) is 7.38. The summed E-state index contributed by atoms with van der Waals surface area (Å²) >= 11 is 6.12. The van der Waals surface area contributed by atoms with E-state index in [-0.39, 0.29) is 18.6 Å². The van der Waals surface area contributed by atoms with Crippen LogP contribution in [0.25, 0.3) is 10.9 Å². The van der Waals surface area contributed by atoms with Gasteiger partial charge >= 0.3 is 0 Å². The molecule has 3 rings (SSSR count). The third-order valence-corrected chi connectivity index (χ3v) is 3.79. The summed E-state index contributed by atoms with van der Waals surface area (Å²) in [6.45, 7) is 1.73. The molecule has 1 saturated heterocycles. The van der Waals surface area contributed by atoms with Crippen molar-refractivity contribution in [3.05, 3.63) is 35.5 Å². The molecule has 1 fully saturated rings. The molecule has 21 heavy (non-hydrogen) atoms. The van der Waals surface area contributed by atoms with Crippen LogP contribution in [0.1, 0.15) is 6.42 Å². The number of halogens is 1. The van der Waals surface area contributed by atoms with E-state index in [0.717, 1.165) is 24.9 Å². The first-order valence-corrected chi connectivity index (χ1v) is 7.28. The van der Waals surface area contributed by atoms with Crippen LogP contribution in [0.3, 0.4) is 0 Å². The SMILES string of the molecule is O=C(COc1ccc(Cl)c2cccnc12)NC1CCNC1. The minimum Gasteiger partial charge on any atom is -0.481 e. The van der Waals surface area contributed by atoms with E-state index in [4.69, 9.17) is 16.3 Å². The van der Waals surface area contributed by atoms with Crippen LogP contribution in [0, 0.1) is 0 Å². The van der Waals surface area contributed by atoms with Crippen molar-refractivity contribution in [3.8, 4) is 5.75 Å². The Morgan fingerprint density at radius 1 is 1.48 bits per heavy atom. The fourth-order valence-electron chi connectivity index (χ4n) is 2.42. The fourth-order valence-corrected chi connectivity index (χ4v) is 2.63. The lowest BCUT2D eigenvalue weighted by Crippen LogP contribution is -2.39. The Morgan fingerprint density at radius 2 is 2.38 bits per heavy atom. The van der Waals surface area contributed by atoms with Gasteiger partial charge in [-0.2, -0.15) is 0 Å². The number of hydrogen-bond donors (Lipinski definition) is 2. The average molecular weight is 306 g/mol. The van der Waals surface area contributed by atoms with Crippen molar-refractivity contribution < 1.29 is 9.53 Å². The van der Waals surface area contributed by atoms with Crippen LogP contribution >= 0.6 is 11.6 Å². The summed E-state index contributed by atoms with van der Waals surface area (Å²) in [5.74, 6) is 0.442. The van der Waals surface area contributed by atoms with Crippen LogP contribution in [0.4, 0.5) is 0 Å². The monoisotopic (exact) mass is 305 g/mol. The number of hydrogen-bond acceptors (Lipinski definition) is 4. The molecular formula is C15H16ClN3O2. The third-order valence-electron chi connectivity index (χ3n) is 3.46. The number of aromatic nitrogens is 1. The molecule has 1 amide bonds. The maximum atomic E-state index is 11.9. The van der Waals surface area contributed by atoms with Gasteiger partial charge < -0.3 is 15.4 Å². The number of carbonyl (C=O) groups excluding carboxylic acids is 1. The van der Waals surface area contributed by atoms with Crippen molar-refractivity contribution in [2.24, 2.45) is 0 Å².